The number of rotatable bonds is 32. The number of Topliss-reactive ketones (excluding diaryl/α,β-unsaturated/α-hetero) is 1. The van der Waals surface area contributed by atoms with E-state index < -0.39 is 23.6 Å². The lowest BCUT2D eigenvalue weighted by molar-refractivity contribution is -0.137. The smallest absolute Gasteiger partial charge is 0.416 e. The molecule has 91 heavy (non-hydrogen) atoms. The topological polar surface area (TPSA) is 163 Å². The monoisotopic (exact) mass is 1270 g/mol. The number of hydrogen-bond donors (Lipinski definition) is 3. The zero-order valence-electron chi connectivity index (χ0n) is 53.9. The van der Waals surface area contributed by atoms with Gasteiger partial charge in [-0.2, -0.15) is 28.5 Å². The van der Waals surface area contributed by atoms with E-state index in [-0.39, 0.29) is 29.3 Å². The van der Waals surface area contributed by atoms with Gasteiger partial charge in [0.05, 0.1) is 67.8 Å². The second kappa shape index (κ2) is 34.9. The number of pyridine rings is 1. The summed E-state index contributed by atoms with van der Waals surface area (Å²) in [7, 11) is 7.69. The molecule has 0 spiro atoms. The number of halogens is 7. The van der Waals surface area contributed by atoms with Gasteiger partial charge in [0, 0.05) is 97.0 Å². The van der Waals surface area contributed by atoms with Gasteiger partial charge in [0.2, 0.25) is 0 Å². The number of aromatic nitrogens is 7. The Labute approximate surface area is 530 Å². The Balaban J connectivity index is 0.000000218. The fraction of sp³-hybridized carbons (Fsp3) is 0.435. The second-order valence-electron chi connectivity index (χ2n) is 23.0. The van der Waals surface area contributed by atoms with Crippen molar-refractivity contribution in [2.45, 2.75) is 137 Å². The van der Waals surface area contributed by atoms with Crippen LogP contribution in [0.4, 0.5) is 30.7 Å². The number of ketones is 1. The molecule has 0 aliphatic carbocycles. The Morgan fingerprint density at radius 3 is 1.38 bits per heavy atom. The van der Waals surface area contributed by atoms with Crippen LogP contribution in [0, 0.1) is 0 Å². The number of para-hydroxylation sites is 1. The first kappa shape index (κ1) is 72.0. The SMILES string of the molecule is CCCCN(C)Cc1cn[nH]c1-c1cc(OCCCC(C)=O)cc(C(F)(F)F)c1.CCCCN(C)Cc1cn[nH]c1-c1cc(OCCc2ccccc2OC)cc(C(C)(F)F)c1.CCCCN(C)Cc1cn[nH]c1-c1cc(Oc2cccnc2)cc(C(C)(F)F)c1. The summed E-state index contributed by atoms with van der Waals surface area (Å²) in [5.74, 6) is -3.85. The molecule has 0 atom stereocenters. The number of nitrogens with one attached hydrogen (secondary N) is 3. The van der Waals surface area contributed by atoms with Crippen molar-refractivity contribution in [2.75, 3.05) is 61.1 Å². The van der Waals surface area contributed by atoms with E-state index in [0.717, 1.165) is 124 Å². The van der Waals surface area contributed by atoms with Crippen LogP contribution in [0.3, 0.4) is 0 Å². The van der Waals surface area contributed by atoms with Crippen LogP contribution in [0.25, 0.3) is 33.8 Å². The first-order valence-electron chi connectivity index (χ1n) is 30.8. The van der Waals surface area contributed by atoms with E-state index >= 15 is 0 Å². The molecule has 0 fully saturated rings. The van der Waals surface area contributed by atoms with Gasteiger partial charge in [0.1, 0.15) is 34.5 Å². The number of carbonyl (C=O) groups excluding carboxylic acids is 1. The maximum atomic E-state index is 14.3. The minimum atomic E-state index is -4.49. The highest BCUT2D eigenvalue weighted by Gasteiger charge is 2.33. The molecule has 3 N–H and O–H groups in total. The Hall–Kier alpha value is -8.08. The quantitative estimate of drug-likeness (QED) is 0.0271. The molecule has 0 radical (unpaired) electrons. The molecule has 8 rings (SSSR count). The van der Waals surface area contributed by atoms with Crippen molar-refractivity contribution in [1.29, 1.82) is 0 Å². The summed E-state index contributed by atoms with van der Waals surface area (Å²) in [5, 5.41) is 21.1. The molecule has 4 aromatic heterocycles. The highest BCUT2D eigenvalue weighted by molar-refractivity contribution is 5.75. The molecule has 0 unspecified atom stereocenters. The minimum Gasteiger partial charge on any atom is -0.496 e. The van der Waals surface area contributed by atoms with Crippen LogP contribution in [0.2, 0.25) is 0 Å². The number of aromatic amines is 3. The zero-order valence-corrected chi connectivity index (χ0v) is 53.9. The van der Waals surface area contributed by atoms with Crippen LogP contribution in [-0.2, 0) is 48.9 Å². The Bertz CT molecular complexity index is 3470. The molecule has 0 bridgehead atoms. The van der Waals surface area contributed by atoms with Crippen LogP contribution >= 0.6 is 0 Å². The summed E-state index contributed by atoms with van der Waals surface area (Å²) in [6.07, 6.45) is 11.8. The van der Waals surface area contributed by atoms with E-state index in [4.69, 9.17) is 18.9 Å². The van der Waals surface area contributed by atoms with Crippen molar-refractivity contribution in [2.24, 2.45) is 0 Å². The van der Waals surface area contributed by atoms with Gasteiger partial charge in [-0.1, -0.05) is 58.2 Å². The van der Waals surface area contributed by atoms with Crippen LogP contribution in [0.1, 0.15) is 132 Å². The molecule has 0 amide bonds. The number of benzene rings is 4. The first-order valence-corrected chi connectivity index (χ1v) is 30.8. The maximum Gasteiger partial charge on any atom is 0.416 e. The third-order valence-electron chi connectivity index (χ3n) is 14.7. The molecule has 22 heteroatoms. The van der Waals surface area contributed by atoms with Crippen molar-refractivity contribution >= 4 is 5.78 Å². The number of H-pyrrole nitrogens is 3. The largest absolute Gasteiger partial charge is 0.496 e. The molecule has 4 heterocycles. The van der Waals surface area contributed by atoms with Crippen molar-refractivity contribution in [3.05, 3.63) is 161 Å². The molecule has 4 aromatic carbocycles. The normalized spacial score (nSPS) is 11.8. The standard InChI is InChI=1S/C26H33F2N3O2.C22H26F2N4O.C21H28F3N3O2/c1-5-6-12-31(3)18-21-17-29-30-25(21)20-14-22(26(2,27)28)16-23(15-20)33-13-11-19-9-7-8-10-24(19)32-4;1-4-5-9-28(3)15-17-13-26-27-21(17)16-10-18(22(2,23)24)12-20(11-16)29-19-7-6-8-25-14-19;1-4-5-8-27(3)14-17-13-25-26-20(17)16-10-18(21(22,23)24)12-19(11-16)29-9-6-7-15(2)28/h7-10,14-17H,5-6,11-13,18H2,1-4H3,(H,29,30);6-8,10-14H,4-5,9,15H2,1-3H3,(H,26,27);10-13H,4-9,14H2,1-3H3,(H,25,26). The Morgan fingerprint density at radius 2 is 0.956 bits per heavy atom. The molecular weight excluding hydrogens is 1180 g/mol. The van der Waals surface area contributed by atoms with E-state index in [1.54, 1.807) is 68.4 Å². The number of nitrogens with zero attached hydrogens (tertiary/aromatic N) is 7. The maximum absolute atomic E-state index is 14.3. The number of alkyl halides is 7. The fourth-order valence-corrected chi connectivity index (χ4v) is 9.81. The molecular formula is C69H87F7N10O5. The van der Waals surface area contributed by atoms with E-state index in [1.807, 2.05) is 38.4 Å². The highest BCUT2D eigenvalue weighted by atomic mass is 19.4. The van der Waals surface area contributed by atoms with Crippen molar-refractivity contribution in [3.63, 3.8) is 0 Å². The van der Waals surface area contributed by atoms with E-state index in [9.17, 15) is 35.5 Å². The Morgan fingerprint density at radius 1 is 0.516 bits per heavy atom. The number of methoxy groups -OCH3 is 1. The highest BCUT2D eigenvalue weighted by Crippen LogP contribution is 2.39. The molecule has 15 nitrogen and oxygen atoms in total. The van der Waals surface area contributed by atoms with Gasteiger partial charge >= 0.3 is 6.18 Å². The molecule has 0 aliphatic heterocycles. The summed E-state index contributed by atoms with van der Waals surface area (Å²) in [4.78, 5) is 21.5. The van der Waals surface area contributed by atoms with Gasteiger partial charge in [-0.25, -0.2) is 17.6 Å². The van der Waals surface area contributed by atoms with Gasteiger partial charge in [-0.05, 0) is 152 Å². The van der Waals surface area contributed by atoms with Gasteiger partial charge in [-0.3, -0.25) is 20.3 Å². The molecule has 0 saturated carbocycles. The van der Waals surface area contributed by atoms with Crippen LogP contribution in [0.15, 0.2) is 122 Å². The lowest BCUT2D eigenvalue weighted by Gasteiger charge is -2.18. The third-order valence-corrected chi connectivity index (χ3v) is 14.7. The van der Waals surface area contributed by atoms with Crippen LogP contribution in [0.5, 0.6) is 28.7 Å². The van der Waals surface area contributed by atoms with Gasteiger partial charge < -0.3 is 38.4 Å². The average Bonchev–Trinajstić information content (AvgIpc) is 2.02. The lowest BCUT2D eigenvalue weighted by Crippen LogP contribution is -2.19. The Kier molecular flexibility index (Phi) is 27.6. The summed E-state index contributed by atoms with van der Waals surface area (Å²) >= 11 is 0. The third kappa shape index (κ3) is 23.3. The summed E-state index contributed by atoms with van der Waals surface area (Å²) in [5.41, 5.74) is 6.38. The zero-order chi connectivity index (χ0) is 66.1. The first-order chi connectivity index (χ1) is 43.4. The summed E-state index contributed by atoms with van der Waals surface area (Å²) in [6.45, 7) is 14.9. The number of carbonyl (C=O) groups is 1. The van der Waals surface area contributed by atoms with E-state index in [1.165, 1.54) is 31.2 Å². The van der Waals surface area contributed by atoms with Gasteiger partial charge in [0.15, 0.2) is 0 Å². The van der Waals surface area contributed by atoms with Crippen molar-refractivity contribution in [1.82, 2.24) is 50.3 Å². The lowest BCUT2D eigenvalue weighted by atomic mass is 10.0. The van der Waals surface area contributed by atoms with Crippen molar-refractivity contribution in [3.8, 4) is 62.5 Å². The van der Waals surface area contributed by atoms with Gasteiger partial charge in [0.25, 0.3) is 11.8 Å². The van der Waals surface area contributed by atoms with Crippen LogP contribution < -0.4 is 18.9 Å². The summed E-state index contributed by atoms with van der Waals surface area (Å²) < 4.78 is 120. The molecule has 8 aromatic rings. The summed E-state index contributed by atoms with van der Waals surface area (Å²) in [6, 6.07) is 24.1. The van der Waals surface area contributed by atoms with Gasteiger partial charge in [-0.15, -0.1) is 0 Å². The van der Waals surface area contributed by atoms with E-state index in [2.05, 4.69) is 78.1 Å². The fourth-order valence-electron chi connectivity index (χ4n) is 9.81. The number of hydrogen-bond acceptors (Lipinski definition) is 12. The average molecular weight is 1270 g/mol. The van der Waals surface area contributed by atoms with Crippen LogP contribution in [-0.4, -0.2) is 117 Å². The molecule has 0 saturated heterocycles. The molecule has 492 valence electrons. The number of unbranched alkanes of at least 4 members (excludes halogenated alkanes) is 3. The predicted octanol–water partition coefficient (Wildman–Crippen LogP) is 16.7. The predicted molar refractivity (Wildman–Crippen MR) is 342 cm³/mol. The molecule has 0 aliphatic rings. The van der Waals surface area contributed by atoms with Crippen molar-refractivity contribution < 1.29 is 54.5 Å². The minimum absolute atomic E-state index is 0.0209. The second-order valence-corrected chi connectivity index (χ2v) is 23.0. The number of ether oxygens (including phenoxy) is 4. The van der Waals surface area contributed by atoms with E-state index in [0.29, 0.717) is 85.1 Å².